The van der Waals surface area contributed by atoms with Gasteiger partial charge in [0.1, 0.15) is 0 Å². The number of ether oxygens (including phenoxy) is 1. The van der Waals surface area contributed by atoms with Gasteiger partial charge in [0.05, 0.1) is 13.5 Å². The molecule has 0 aliphatic heterocycles. The Balaban J connectivity index is 3.09. The van der Waals surface area contributed by atoms with Crippen molar-refractivity contribution in [2.24, 2.45) is 14.1 Å². The molecule has 0 saturated heterocycles. The predicted molar refractivity (Wildman–Crippen MR) is 68.7 cm³/mol. The summed E-state index contributed by atoms with van der Waals surface area (Å²) in [6.07, 6.45) is 0.771. The van der Waals surface area contributed by atoms with E-state index in [2.05, 4.69) is 9.46 Å². The van der Waals surface area contributed by atoms with Crippen LogP contribution in [0.5, 0.6) is 0 Å². The fourth-order valence-electron chi connectivity index (χ4n) is 1.43. The summed E-state index contributed by atoms with van der Waals surface area (Å²) in [4.78, 5) is 33.6. The number of nitrogens with zero attached hydrogens (tertiary/aromatic N) is 2. The molecule has 0 bridgehead atoms. The van der Waals surface area contributed by atoms with Crippen LogP contribution in [0.4, 0.5) is 0 Å². The van der Waals surface area contributed by atoms with Crippen LogP contribution < -0.4 is 16.0 Å². The Bertz CT molecular complexity index is 730. The summed E-state index contributed by atoms with van der Waals surface area (Å²) < 4.78 is 32.0. The number of methoxy groups -OCH3 is 1. The molecule has 0 spiro atoms. The standard InChI is InChI=1S/C10H15N3O6S/c1-12-6-7(9(15)13(2)10(12)16)20(17,18)11-5-4-8(14)19-3/h6,11H,4-5H2,1-3H3. The number of nitrogens with one attached hydrogen (secondary N) is 1. The van der Waals surface area contributed by atoms with Gasteiger partial charge in [-0.2, -0.15) is 0 Å². The molecule has 0 atom stereocenters. The van der Waals surface area contributed by atoms with E-state index in [9.17, 15) is 22.8 Å². The van der Waals surface area contributed by atoms with E-state index in [4.69, 9.17) is 0 Å². The van der Waals surface area contributed by atoms with Gasteiger partial charge in [0.25, 0.3) is 5.56 Å². The number of rotatable bonds is 5. The van der Waals surface area contributed by atoms with Crippen LogP contribution in [-0.4, -0.2) is 37.2 Å². The maximum atomic E-state index is 11.9. The minimum Gasteiger partial charge on any atom is -0.469 e. The Morgan fingerprint density at radius 1 is 1.35 bits per heavy atom. The molecule has 10 heteroatoms. The monoisotopic (exact) mass is 305 g/mol. The Kier molecular flexibility index (Phi) is 4.84. The summed E-state index contributed by atoms with van der Waals surface area (Å²) in [6.45, 7) is -0.207. The first kappa shape index (κ1) is 16.1. The molecule has 0 saturated carbocycles. The Morgan fingerprint density at radius 3 is 2.50 bits per heavy atom. The molecule has 9 nitrogen and oxygen atoms in total. The van der Waals surface area contributed by atoms with Gasteiger partial charge in [-0.1, -0.05) is 0 Å². The number of aryl methyl sites for hydroxylation is 1. The topological polar surface area (TPSA) is 116 Å². The molecule has 1 rings (SSSR count). The van der Waals surface area contributed by atoms with Gasteiger partial charge in [0.15, 0.2) is 4.90 Å². The lowest BCUT2D eigenvalue weighted by Crippen LogP contribution is -2.41. The SMILES string of the molecule is COC(=O)CCNS(=O)(=O)c1cn(C)c(=O)n(C)c1=O. The van der Waals surface area contributed by atoms with Gasteiger partial charge in [-0.05, 0) is 0 Å². The largest absolute Gasteiger partial charge is 0.469 e. The zero-order chi connectivity index (χ0) is 15.5. The van der Waals surface area contributed by atoms with Crippen molar-refractivity contribution >= 4 is 16.0 Å². The Hall–Kier alpha value is -1.94. The Morgan fingerprint density at radius 2 is 1.95 bits per heavy atom. The highest BCUT2D eigenvalue weighted by Gasteiger charge is 2.21. The van der Waals surface area contributed by atoms with Crippen LogP contribution in [0.2, 0.25) is 0 Å². The molecule has 0 aliphatic rings. The molecule has 20 heavy (non-hydrogen) atoms. The van der Waals surface area contributed by atoms with Gasteiger partial charge in [-0.3, -0.25) is 14.2 Å². The van der Waals surface area contributed by atoms with Crippen molar-refractivity contribution in [1.29, 1.82) is 0 Å². The zero-order valence-electron chi connectivity index (χ0n) is 11.2. The third kappa shape index (κ3) is 3.33. The maximum absolute atomic E-state index is 11.9. The van der Waals surface area contributed by atoms with Crippen molar-refractivity contribution in [3.63, 3.8) is 0 Å². The number of carbonyl (C=O) groups excluding carboxylic acids is 1. The van der Waals surface area contributed by atoms with Crippen molar-refractivity contribution in [3.8, 4) is 0 Å². The molecule has 0 amide bonds. The van der Waals surface area contributed by atoms with Gasteiger partial charge < -0.3 is 9.30 Å². The van der Waals surface area contributed by atoms with Crippen LogP contribution in [-0.2, 0) is 33.7 Å². The molecule has 1 aromatic heterocycles. The number of carbonyl (C=O) groups is 1. The lowest BCUT2D eigenvalue weighted by atomic mass is 10.4. The number of hydrogen-bond donors (Lipinski definition) is 1. The number of sulfonamides is 1. The van der Waals surface area contributed by atoms with Crippen LogP contribution in [0.1, 0.15) is 6.42 Å². The average Bonchev–Trinajstić information content (AvgIpc) is 2.39. The van der Waals surface area contributed by atoms with Gasteiger partial charge >= 0.3 is 11.7 Å². The lowest BCUT2D eigenvalue weighted by Gasteiger charge is -2.08. The van der Waals surface area contributed by atoms with E-state index in [1.54, 1.807) is 0 Å². The quantitative estimate of drug-likeness (QED) is 0.624. The summed E-state index contributed by atoms with van der Waals surface area (Å²) in [7, 11) is -0.420. The van der Waals surface area contributed by atoms with Crippen LogP contribution >= 0.6 is 0 Å². The molecule has 0 aromatic carbocycles. The van der Waals surface area contributed by atoms with Crippen molar-refractivity contribution in [2.75, 3.05) is 13.7 Å². The van der Waals surface area contributed by atoms with Crippen molar-refractivity contribution in [2.45, 2.75) is 11.3 Å². The summed E-state index contributed by atoms with van der Waals surface area (Å²) in [6, 6.07) is 0. The molecular weight excluding hydrogens is 290 g/mol. The van der Waals surface area contributed by atoms with E-state index in [-0.39, 0.29) is 13.0 Å². The molecule has 0 radical (unpaired) electrons. The van der Waals surface area contributed by atoms with Gasteiger partial charge in [-0.15, -0.1) is 0 Å². The highest BCUT2D eigenvalue weighted by molar-refractivity contribution is 7.89. The summed E-state index contributed by atoms with van der Waals surface area (Å²) >= 11 is 0. The molecule has 0 fully saturated rings. The van der Waals surface area contributed by atoms with Crippen molar-refractivity contribution in [1.82, 2.24) is 13.9 Å². The van der Waals surface area contributed by atoms with Crippen molar-refractivity contribution in [3.05, 3.63) is 27.0 Å². The second-order valence-corrected chi connectivity index (χ2v) is 5.71. The van der Waals surface area contributed by atoms with E-state index >= 15 is 0 Å². The van der Waals surface area contributed by atoms with Crippen LogP contribution in [0.25, 0.3) is 0 Å². The highest BCUT2D eigenvalue weighted by atomic mass is 32.2. The number of hydrogen-bond acceptors (Lipinski definition) is 6. The van der Waals surface area contributed by atoms with Gasteiger partial charge in [-0.25, -0.2) is 17.9 Å². The minimum atomic E-state index is -4.11. The van der Waals surface area contributed by atoms with E-state index in [1.165, 1.54) is 21.2 Å². The highest BCUT2D eigenvalue weighted by Crippen LogP contribution is 1.99. The third-order valence-electron chi connectivity index (χ3n) is 2.55. The molecule has 0 aliphatic carbocycles. The Labute approximate surface area is 114 Å². The molecule has 112 valence electrons. The molecule has 1 aromatic rings. The summed E-state index contributed by atoms with van der Waals surface area (Å²) in [5.74, 6) is -0.582. The first-order valence-electron chi connectivity index (χ1n) is 5.54. The van der Waals surface area contributed by atoms with Crippen molar-refractivity contribution < 1.29 is 17.9 Å². The van der Waals surface area contributed by atoms with Gasteiger partial charge in [0, 0.05) is 26.8 Å². The van der Waals surface area contributed by atoms with Crippen LogP contribution in [0.15, 0.2) is 20.7 Å². The average molecular weight is 305 g/mol. The normalized spacial score (nSPS) is 11.3. The summed E-state index contributed by atoms with van der Waals surface area (Å²) in [5.41, 5.74) is -1.57. The summed E-state index contributed by atoms with van der Waals surface area (Å²) in [5, 5.41) is 0. The van der Waals surface area contributed by atoms with Crippen LogP contribution in [0.3, 0.4) is 0 Å². The predicted octanol–water partition coefficient (Wildman–Crippen LogP) is -2.07. The molecule has 1 heterocycles. The molecule has 0 unspecified atom stereocenters. The third-order valence-corrected chi connectivity index (χ3v) is 4.00. The zero-order valence-corrected chi connectivity index (χ0v) is 12.1. The first-order valence-corrected chi connectivity index (χ1v) is 7.02. The molecular formula is C10H15N3O6S. The minimum absolute atomic E-state index is 0.165. The first-order chi connectivity index (χ1) is 9.20. The van der Waals surface area contributed by atoms with Gasteiger partial charge in [0.2, 0.25) is 10.0 Å². The van der Waals surface area contributed by atoms with E-state index in [1.807, 2.05) is 0 Å². The molecule has 1 N–H and O–H groups in total. The maximum Gasteiger partial charge on any atom is 0.330 e. The smallest absolute Gasteiger partial charge is 0.330 e. The van der Waals surface area contributed by atoms with Crippen LogP contribution in [0, 0.1) is 0 Å². The second-order valence-electron chi connectivity index (χ2n) is 3.97. The second kappa shape index (κ2) is 6.01. The van der Waals surface area contributed by atoms with E-state index in [0.29, 0.717) is 4.57 Å². The fourth-order valence-corrected chi connectivity index (χ4v) is 2.62. The number of esters is 1. The lowest BCUT2D eigenvalue weighted by molar-refractivity contribution is -0.140. The fraction of sp³-hybridized carbons (Fsp3) is 0.500. The van der Waals surface area contributed by atoms with E-state index < -0.39 is 32.1 Å². The number of aromatic nitrogens is 2. The van der Waals surface area contributed by atoms with E-state index in [0.717, 1.165) is 10.8 Å².